The highest BCUT2D eigenvalue weighted by Gasteiger charge is 2.17. The molecule has 0 spiro atoms. The van der Waals surface area contributed by atoms with Crippen molar-refractivity contribution in [3.8, 4) is 0 Å². The van der Waals surface area contributed by atoms with Crippen LogP contribution in [0.4, 0.5) is 0 Å². The van der Waals surface area contributed by atoms with E-state index in [0.29, 0.717) is 10.8 Å². The molecule has 0 saturated heterocycles. The second kappa shape index (κ2) is 8.96. The molecule has 1 atom stereocenters. The number of aromatic amines is 1. The van der Waals surface area contributed by atoms with E-state index in [1.165, 1.54) is 0 Å². The Balaban J connectivity index is 1.94. The third kappa shape index (κ3) is 5.14. The van der Waals surface area contributed by atoms with Crippen molar-refractivity contribution in [1.82, 2.24) is 15.5 Å². The van der Waals surface area contributed by atoms with Gasteiger partial charge in [0.1, 0.15) is 0 Å². The molecule has 0 aliphatic carbocycles. The van der Waals surface area contributed by atoms with E-state index in [9.17, 15) is 14.4 Å². The van der Waals surface area contributed by atoms with Gasteiger partial charge in [-0.05, 0) is 19.4 Å². The maximum atomic E-state index is 12.2. The average Bonchev–Trinajstić information content (AvgIpc) is 2.60. The molecule has 7 nitrogen and oxygen atoms in total. The molecular weight excluding hydrogens is 322 g/mol. The van der Waals surface area contributed by atoms with Gasteiger partial charge in [0.2, 0.25) is 0 Å². The summed E-state index contributed by atoms with van der Waals surface area (Å²) in [7, 11) is 0. The summed E-state index contributed by atoms with van der Waals surface area (Å²) in [6, 6.07) is 6.64. The first kappa shape index (κ1) is 18.6. The molecule has 0 fully saturated rings. The van der Waals surface area contributed by atoms with Crippen LogP contribution >= 0.6 is 0 Å². The van der Waals surface area contributed by atoms with E-state index in [1.807, 2.05) is 6.92 Å². The Labute approximate surface area is 145 Å². The summed E-state index contributed by atoms with van der Waals surface area (Å²) in [4.78, 5) is 35.8. The van der Waals surface area contributed by atoms with Crippen molar-refractivity contribution >= 4 is 22.6 Å². The number of nitrogens with one attached hydrogen (secondary N) is 2. The first-order valence-corrected chi connectivity index (χ1v) is 8.46. The van der Waals surface area contributed by atoms with E-state index < -0.39 is 5.97 Å². The van der Waals surface area contributed by atoms with Gasteiger partial charge in [-0.1, -0.05) is 44.4 Å². The van der Waals surface area contributed by atoms with Gasteiger partial charge in [0.15, 0.2) is 12.3 Å². The molecule has 134 valence electrons. The molecule has 0 saturated carbocycles. The van der Waals surface area contributed by atoms with Crippen molar-refractivity contribution in [2.45, 2.75) is 45.6 Å². The Bertz CT molecular complexity index is 800. The van der Waals surface area contributed by atoms with Crippen molar-refractivity contribution in [2.75, 3.05) is 6.61 Å². The van der Waals surface area contributed by atoms with Crippen LogP contribution in [0.2, 0.25) is 0 Å². The van der Waals surface area contributed by atoms with E-state index >= 15 is 0 Å². The number of aromatic nitrogens is 2. The van der Waals surface area contributed by atoms with E-state index in [2.05, 4.69) is 22.4 Å². The number of amides is 1. The zero-order valence-corrected chi connectivity index (χ0v) is 14.5. The van der Waals surface area contributed by atoms with Crippen LogP contribution in [-0.4, -0.2) is 34.7 Å². The third-order valence-corrected chi connectivity index (χ3v) is 3.87. The minimum absolute atomic E-state index is 0.0148. The minimum Gasteiger partial charge on any atom is -0.451 e. The van der Waals surface area contributed by atoms with Crippen LogP contribution in [0.1, 0.15) is 50.0 Å². The Morgan fingerprint density at radius 2 is 1.96 bits per heavy atom. The summed E-state index contributed by atoms with van der Waals surface area (Å²) in [5.74, 6) is -1.10. The number of hydrogen-bond donors (Lipinski definition) is 2. The molecule has 0 aliphatic heterocycles. The molecule has 0 bridgehead atoms. The number of ether oxygens (including phenoxy) is 1. The predicted octanol–water partition coefficient (Wildman–Crippen LogP) is 2.16. The molecule has 2 aromatic rings. The Kier molecular flexibility index (Phi) is 6.68. The molecule has 2 N–H and O–H groups in total. The lowest BCUT2D eigenvalue weighted by Gasteiger charge is -2.13. The van der Waals surface area contributed by atoms with Gasteiger partial charge in [-0.25, -0.2) is 9.89 Å². The van der Waals surface area contributed by atoms with E-state index in [0.717, 1.165) is 25.7 Å². The van der Waals surface area contributed by atoms with Gasteiger partial charge in [-0.2, -0.15) is 5.10 Å². The number of carbonyl (C=O) groups excluding carboxylic acids is 2. The fourth-order valence-electron chi connectivity index (χ4n) is 2.56. The predicted molar refractivity (Wildman–Crippen MR) is 94.4 cm³/mol. The lowest BCUT2D eigenvalue weighted by Crippen LogP contribution is -2.36. The second-order valence-corrected chi connectivity index (χ2v) is 5.99. The number of rotatable bonds is 8. The summed E-state index contributed by atoms with van der Waals surface area (Å²) in [6.07, 6.45) is 4.18. The highest BCUT2D eigenvalue weighted by molar-refractivity contribution is 6.02. The molecule has 1 aromatic heterocycles. The molecule has 1 aromatic carbocycles. The highest BCUT2D eigenvalue weighted by atomic mass is 16.5. The van der Waals surface area contributed by atoms with Gasteiger partial charge in [-0.15, -0.1) is 0 Å². The van der Waals surface area contributed by atoms with Gasteiger partial charge in [-0.3, -0.25) is 9.59 Å². The quantitative estimate of drug-likeness (QED) is 0.564. The minimum atomic E-state index is -0.749. The van der Waals surface area contributed by atoms with Crippen molar-refractivity contribution in [1.29, 1.82) is 0 Å². The molecule has 2 rings (SSSR count). The normalized spacial score (nSPS) is 11.9. The number of benzene rings is 1. The zero-order valence-electron chi connectivity index (χ0n) is 14.5. The SMILES string of the molecule is CCCCC[C@H](C)NC(=O)COC(=O)c1n[nH]c(=O)c2ccccc12. The van der Waals surface area contributed by atoms with Gasteiger partial charge < -0.3 is 10.1 Å². The molecule has 1 heterocycles. The largest absolute Gasteiger partial charge is 0.451 e. The van der Waals surface area contributed by atoms with Crippen LogP contribution in [0, 0.1) is 0 Å². The monoisotopic (exact) mass is 345 g/mol. The third-order valence-electron chi connectivity index (χ3n) is 3.87. The number of fused-ring (bicyclic) bond motifs is 1. The van der Waals surface area contributed by atoms with Crippen LogP contribution in [-0.2, 0) is 9.53 Å². The lowest BCUT2D eigenvalue weighted by molar-refractivity contribution is -0.124. The fraction of sp³-hybridized carbons (Fsp3) is 0.444. The lowest BCUT2D eigenvalue weighted by atomic mass is 10.1. The number of hydrogen-bond acceptors (Lipinski definition) is 5. The maximum Gasteiger partial charge on any atom is 0.359 e. The molecule has 0 aliphatic rings. The standard InChI is InChI=1S/C18H23N3O4/c1-3-4-5-8-12(2)19-15(22)11-25-18(24)16-13-9-6-7-10-14(13)17(23)21-20-16/h6-7,9-10,12H,3-5,8,11H2,1-2H3,(H,19,22)(H,21,23)/t12-/m0/s1. The summed E-state index contributed by atoms with van der Waals surface area (Å²) >= 11 is 0. The molecule has 0 radical (unpaired) electrons. The van der Waals surface area contributed by atoms with Crippen LogP contribution in [0.15, 0.2) is 29.1 Å². The fourth-order valence-corrected chi connectivity index (χ4v) is 2.56. The van der Waals surface area contributed by atoms with E-state index in [-0.39, 0.29) is 29.8 Å². The summed E-state index contributed by atoms with van der Waals surface area (Å²) in [5, 5.41) is 9.55. The van der Waals surface area contributed by atoms with Gasteiger partial charge in [0.05, 0.1) is 5.39 Å². The number of H-pyrrole nitrogens is 1. The molecule has 25 heavy (non-hydrogen) atoms. The number of esters is 1. The van der Waals surface area contributed by atoms with Crippen molar-refractivity contribution in [3.05, 3.63) is 40.3 Å². The second-order valence-electron chi connectivity index (χ2n) is 5.99. The summed E-state index contributed by atoms with van der Waals surface area (Å²) in [6.45, 7) is 3.66. The molecule has 0 unspecified atom stereocenters. The first-order valence-electron chi connectivity index (χ1n) is 8.46. The van der Waals surface area contributed by atoms with Crippen molar-refractivity contribution in [3.63, 3.8) is 0 Å². The van der Waals surface area contributed by atoms with E-state index in [1.54, 1.807) is 24.3 Å². The number of nitrogens with zero attached hydrogens (tertiary/aromatic N) is 1. The number of carbonyl (C=O) groups is 2. The average molecular weight is 345 g/mol. The Hall–Kier alpha value is -2.70. The van der Waals surface area contributed by atoms with Crippen LogP contribution in [0.3, 0.4) is 0 Å². The first-order chi connectivity index (χ1) is 12.0. The Morgan fingerprint density at radius 3 is 2.68 bits per heavy atom. The molecule has 7 heteroatoms. The highest BCUT2D eigenvalue weighted by Crippen LogP contribution is 2.13. The van der Waals surface area contributed by atoms with Crippen molar-refractivity contribution in [2.24, 2.45) is 0 Å². The van der Waals surface area contributed by atoms with Gasteiger partial charge >= 0.3 is 5.97 Å². The smallest absolute Gasteiger partial charge is 0.359 e. The van der Waals surface area contributed by atoms with Crippen molar-refractivity contribution < 1.29 is 14.3 Å². The summed E-state index contributed by atoms with van der Waals surface area (Å²) in [5.41, 5.74) is -0.398. The topological polar surface area (TPSA) is 101 Å². The summed E-state index contributed by atoms with van der Waals surface area (Å²) < 4.78 is 5.03. The van der Waals surface area contributed by atoms with Crippen LogP contribution in [0.25, 0.3) is 10.8 Å². The number of unbranched alkanes of at least 4 members (excludes halogenated alkanes) is 2. The van der Waals surface area contributed by atoms with Gasteiger partial charge in [0, 0.05) is 11.4 Å². The van der Waals surface area contributed by atoms with Crippen LogP contribution in [0.5, 0.6) is 0 Å². The zero-order chi connectivity index (χ0) is 18.2. The van der Waals surface area contributed by atoms with Crippen LogP contribution < -0.4 is 10.9 Å². The molecular formula is C18H23N3O4. The van der Waals surface area contributed by atoms with E-state index in [4.69, 9.17) is 4.74 Å². The molecule has 1 amide bonds. The van der Waals surface area contributed by atoms with Gasteiger partial charge in [0.25, 0.3) is 11.5 Å². The maximum absolute atomic E-state index is 12.2. The Morgan fingerprint density at radius 1 is 1.24 bits per heavy atom.